The van der Waals surface area contributed by atoms with Crippen molar-refractivity contribution in [2.75, 3.05) is 5.32 Å². The Balaban J connectivity index is 1.77. The first-order chi connectivity index (χ1) is 13.4. The lowest BCUT2D eigenvalue weighted by atomic mass is 10.2. The Labute approximate surface area is 178 Å². The lowest BCUT2D eigenvalue weighted by Crippen LogP contribution is -2.13. The van der Waals surface area contributed by atoms with Crippen LogP contribution in [0.5, 0.6) is 5.75 Å². The highest BCUT2D eigenvalue weighted by molar-refractivity contribution is 9.10. The van der Waals surface area contributed by atoms with Crippen molar-refractivity contribution in [1.29, 1.82) is 5.26 Å². The number of carbonyl (C=O) groups is 1. The largest absolute Gasteiger partial charge is 0.508 e. The minimum atomic E-state index is -0.576. The fourth-order valence-electron chi connectivity index (χ4n) is 2.15. The molecule has 0 spiro atoms. The first-order valence-electron chi connectivity index (χ1n) is 7.89. The van der Waals surface area contributed by atoms with Crippen LogP contribution in [0.1, 0.15) is 5.76 Å². The molecule has 0 aliphatic heterocycles. The van der Waals surface area contributed by atoms with Gasteiger partial charge in [-0.3, -0.25) is 4.79 Å². The van der Waals surface area contributed by atoms with Crippen LogP contribution in [0.25, 0.3) is 6.08 Å². The minimum absolute atomic E-state index is 0.0835. The summed E-state index contributed by atoms with van der Waals surface area (Å²) >= 11 is 10.7. The number of nitrogens with zero attached hydrogens (tertiary/aromatic N) is 1. The van der Waals surface area contributed by atoms with E-state index in [9.17, 15) is 15.2 Å². The molecule has 0 radical (unpaired) electrons. The summed E-state index contributed by atoms with van der Waals surface area (Å²) in [6.07, 6.45) is 1.37. The van der Waals surface area contributed by atoms with Crippen molar-refractivity contribution < 1.29 is 14.3 Å². The highest BCUT2D eigenvalue weighted by atomic mass is 79.9. The molecule has 0 fully saturated rings. The summed E-state index contributed by atoms with van der Waals surface area (Å²) in [4.78, 5) is 13.2. The van der Waals surface area contributed by atoms with Crippen molar-refractivity contribution >= 4 is 57.0 Å². The van der Waals surface area contributed by atoms with Crippen LogP contribution >= 0.6 is 39.3 Å². The Morgan fingerprint density at radius 3 is 2.54 bits per heavy atom. The predicted molar refractivity (Wildman–Crippen MR) is 112 cm³/mol. The van der Waals surface area contributed by atoms with Gasteiger partial charge in [0.25, 0.3) is 5.91 Å². The summed E-state index contributed by atoms with van der Waals surface area (Å²) in [5, 5.41) is 22.4. The van der Waals surface area contributed by atoms with Gasteiger partial charge in [-0.05, 0) is 70.5 Å². The minimum Gasteiger partial charge on any atom is -0.508 e. The molecule has 1 amide bonds. The molecule has 1 heterocycles. The summed E-state index contributed by atoms with van der Waals surface area (Å²) in [6.45, 7) is 0. The maximum absolute atomic E-state index is 12.3. The van der Waals surface area contributed by atoms with E-state index in [-0.39, 0.29) is 11.3 Å². The quantitative estimate of drug-likeness (QED) is 0.265. The third-order valence-corrected chi connectivity index (χ3v) is 5.58. The topological polar surface area (TPSA) is 86.3 Å². The molecule has 8 heteroatoms. The van der Waals surface area contributed by atoms with Gasteiger partial charge in [0.15, 0.2) is 5.09 Å². The fraction of sp³-hybridized carbons (Fsp3) is 0. The summed E-state index contributed by atoms with van der Waals surface area (Å²) < 4.78 is 6.44. The van der Waals surface area contributed by atoms with Gasteiger partial charge in [0.2, 0.25) is 0 Å². The standard InChI is InChI=1S/C20H12BrClN2O3S/c21-18-10-16(27-20(18)28-17-7-1-13(22)2-8-17)9-12(11-23)19(26)24-14-3-5-15(25)6-4-14/h1-10,25H,(H,24,26)/b12-9-. The molecule has 1 aromatic heterocycles. The Kier molecular flexibility index (Phi) is 6.47. The Morgan fingerprint density at radius 2 is 1.89 bits per heavy atom. The third kappa shape index (κ3) is 5.20. The molecule has 28 heavy (non-hydrogen) atoms. The number of rotatable bonds is 5. The zero-order valence-corrected chi connectivity index (χ0v) is 17.3. The van der Waals surface area contributed by atoms with E-state index in [0.717, 1.165) is 4.90 Å². The van der Waals surface area contributed by atoms with Gasteiger partial charge < -0.3 is 14.8 Å². The SMILES string of the molecule is N#C/C(=C/c1cc(Br)c(Sc2ccc(Cl)cc2)o1)C(=O)Nc1ccc(O)cc1. The molecule has 2 N–H and O–H groups in total. The van der Waals surface area contributed by atoms with Crippen LogP contribution in [0, 0.1) is 11.3 Å². The summed E-state index contributed by atoms with van der Waals surface area (Å²) in [6, 6.07) is 16.8. The number of carbonyl (C=O) groups excluding carboxylic acids is 1. The van der Waals surface area contributed by atoms with Gasteiger partial charge in [-0.2, -0.15) is 5.26 Å². The zero-order chi connectivity index (χ0) is 20.1. The highest BCUT2D eigenvalue weighted by Crippen LogP contribution is 2.36. The number of benzene rings is 2. The number of nitriles is 1. The number of hydrogen-bond donors (Lipinski definition) is 2. The monoisotopic (exact) mass is 474 g/mol. The van der Waals surface area contributed by atoms with Gasteiger partial charge in [0.1, 0.15) is 23.2 Å². The van der Waals surface area contributed by atoms with E-state index >= 15 is 0 Å². The van der Waals surface area contributed by atoms with Gasteiger partial charge >= 0.3 is 0 Å². The fourth-order valence-corrected chi connectivity index (χ4v) is 3.61. The average molecular weight is 476 g/mol. The molecule has 0 saturated carbocycles. The first kappa shape index (κ1) is 20.1. The number of nitrogens with one attached hydrogen (secondary N) is 1. The number of anilines is 1. The van der Waals surface area contributed by atoms with Crippen LogP contribution in [0.3, 0.4) is 0 Å². The average Bonchev–Trinajstić information content (AvgIpc) is 3.02. The second-order valence-corrected chi connectivity index (χ2v) is 7.85. The van der Waals surface area contributed by atoms with E-state index in [4.69, 9.17) is 16.0 Å². The maximum Gasteiger partial charge on any atom is 0.266 e. The molecule has 0 bridgehead atoms. The Hall–Kier alpha value is -2.66. The second-order valence-electron chi connectivity index (χ2n) is 5.51. The molecule has 5 nitrogen and oxygen atoms in total. The molecule has 0 saturated heterocycles. The van der Waals surface area contributed by atoms with Crippen LogP contribution in [0.4, 0.5) is 5.69 Å². The molecule has 140 valence electrons. The van der Waals surface area contributed by atoms with Gasteiger partial charge in [0.05, 0.1) is 4.47 Å². The van der Waals surface area contributed by atoms with Gasteiger partial charge in [-0.25, -0.2) is 0 Å². The highest BCUT2D eigenvalue weighted by Gasteiger charge is 2.14. The smallest absolute Gasteiger partial charge is 0.266 e. The second kappa shape index (κ2) is 9.02. The number of halogens is 2. The van der Waals surface area contributed by atoms with E-state index in [1.54, 1.807) is 18.2 Å². The van der Waals surface area contributed by atoms with E-state index in [1.807, 2.05) is 18.2 Å². The number of furan rings is 1. The van der Waals surface area contributed by atoms with Crippen molar-refractivity contribution in [3.63, 3.8) is 0 Å². The molecule has 3 aromatic rings. The van der Waals surface area contributed by atoms with E-state index < -0.39 is 5.91 Å². The molecule has 0 unspecified atom stereocenters. The number of amides is 1. The van der Waals surface area contributed by atoms with Crippen molar-refractivity contribution in [1.82, 2.24) is 0 Å². The summed E-state index contributed by atoms with van der Waals surface area (Å²) in [5.74, 6) is -0.131. The number of phenols is 1. The Bertz CT molecular complexity index is 1070. The first-order valence-corrected chi connectivity index (χ1v) is 9.88. The molecule has 0 atom stereocenters. The van der Waals surface area contributed by atoms with Gasteiger partial charge in [-0.15, -0.1) is 0 Å². The van der Waals surface area contributed by atoms with Crippen LogP contribution in [0.15, 0.2) is 79.0 Å². The molecular formula is C20H12BrClN2O3S. The van der Waals surface area contributed by atoms with Crippen LogP contribution in [-0.4, -0.2) is 11.0 Å². The Morgan fingerprint density at radius 1 is 1.21 bits per heavy atom. The van der Waals surface area contributed by atoms with Crippen LogP contribution in [-0.2, 0) is 4.79 Å². The summed E-state index contributed by atoms with van der Waals surface area (Å²) in [7, 11) is 0. The summed E-state index contributed by atoms with van der Waals surface area (Å²) in [5.41, 5.74) is 0.348. The molecule has 0 aliphatic carbocycles. The third-order valence-electron chi connectivity index (χ3n) is 3.48. The molecule has 3 rings (SSSR count). The number of phenolic OH excluding ortho intramolecular Hbond substituents is 1. The van der Waals surface area contributed by atoms with Crippen molar-refractivity contribution in [3.05, 3.63) is 75.4 Å². The lowest BCUT2D eigenvalue weighted by Gasteiger charge is -2.03. The van der Waals surface area contributed by atoms with E-state index in [1.165, 1.54) is 42.1 Å². The molecule has 0 aliphatic rings. The van der Waals surface area contributed by atoms with Crippen LogP contribution in [0.2, 0.25) is 5.02 Å². The van der Waals surface area contributed by atoms with Gasteiger partial charge in [0, 0.05) is 21.7 Å². The lowest BCUT2D eigenvalue weighted by molar-refractivity contribution is -0.112. The zero-order valence-electron chi connectivity index (χ0n) is 14.1. The van der Waals surface area contributed by atoms with E-state index in [2.05, 4.69) is 21.2 Å². The maximum atomic E-state index is 12.3. The van der Waals surface area contributed by atoms with Crippen molar-refractivity contribution in [3.8, 4) is 11.8 Å². The van der Waals surface area contributed by atoms with Crippen molar-refractivity contribution in [2.45, 2.75) is 9.99 Å². The van der Waals surface area contributed by atoms with E-state index in [0.29, 0.717) is 26.0 Å². The van der Waals surface area contributed by atoms with Crippen molar-refractivity contribution in [2.24, 2.45) is 0 Å². The van der Waals surface area contributed by atoms with Gasteiger partial charge in [-0.1, -0.05) is 23.4 Å². The van der Waals surface area contributed by atoms with Crippen LogP contribution < -0.4 is 5.32 Å². The normalized spacial score (nSPS) is 11.1. The number of aromatic hydroxyl groups is 1. The molecular weight excluding hydrogens is 464 g/mol. The predicted octanol–water partition coefficient (Wildman–Crippen LogP) is 6.10. The molecule has 2 aromatic carbocycles. The number of hydrogen-bond acceptors (Lipinski definition) is 5.